The molecule has 6 heteroatoms. The summed E-state index contributed by atoms with van der Waals surface area (Å²) in [6, 6.07) is 5.46. The Balaban J connectivity index is 1.74. The number of carbonyl (C=O) groups is 1. The summed E-state index contributed by atoms with van der Waals surface area (Å²) in [6.07, 6.45) is 2.20. The minimum absolute atomic E-state index is 0.0206. The highest BCUT2D eigenvalue weighted by Gasteiger charge is 2.24. The zero-order chi connectivity index (χ0) is 14.1. The number of nitrogens with zero attached hydrogens (tertiary/aromatic N) is 1. The molecule has 0 bridgehead atoms. The minimum Gasteiger partial charge on any atom is -0.376 e. The van der Waals surface area contributed by atoms with Crippen molar-refractivity contribution in [3.63, 3.8) is 0 Å². The van der Waals surface area contributed by atoms with Gasteiger partial charge in [-0.15, -0.1) is 0 Å². The third-order valence-corrected chi connectivity index (χ3v) is 4.40. The quantitative estimate of drug-likeness (QED) is 0.908. The summed E-state index contributed by atoms with van der Waals surface area (Å²) in [4.78, 5) is 16.4. The van der Waals surface area contributed by atoms with Crippen molar-refractivity contribution in [1.29, 1.82) is 0 Å². The van der Waals surface area contributed by atoms with Gasteiger partial charge in [0.05, 0.1) is 22.4 Å². The van der Waals surface area contributed by atoms with Crippen LogP contribution in [0.4, 0.5) is 5.13 Å². The molecule has 2 unspecified atom stereocenters. The van der Waals surface area contributed by atoms with Crippen LogP contribution in [0.1, 0.15) is 30.1 Å². The van der Waals surface area contributed by atoms with Gasteiger partial charge in [-0.05, 0) is 38.0 Å². The summed E-state index contributed by atoms with van der Waals surface area (Å²) < 4.78 is 6.52. The lowest BCUT2D eigenvalue weighted by atomic mass is 10.1. The fourth-order valence-corrected chi connectivity index (χ4v) is 3.24. The number of benzene rings is 1. The van der Waals surface area contributed by atoms with Crippen molar-refractivity contribution in [2.24, 2.45) is 0 Å². The van der Waals surface area contributed by atoms with Crippen LogP contribution in [0.15, 0.2) is 18.2 Å². The van der Waals surface area contributed by atoms with Crippen LogP contribution >= 0.6 is 11.3 Å². The molecule has 1 aliphatic rings. The van der Waals surface area contributed by atoms with Gasteiger partial charge in [0.25, 0.3) is 5.91 Å². The number of nitrogens with one attached hydrogen (secondary N) is 1. The highest BCUT2D eigenvalue weighted by molar-refractivity contribution is 7.22. The van der Waals surface area contributed by atoms with Gasteiger partial charge in [0.2, 0.25) is 0 Å². The van der Waals surface area contributed by atoms with E-state index in [0.29, 0.717) is 10.7 Å². The number of aromatic nitrogens is 1. The minimum atomic E-state index is -0.0816. The lowest BCUT2D eigenvalue weighted by Crippen LogP contribution is -2.40. The summed E-state index contributed by atoms with van der Waals surface area (Å²) in [7, 11) is 0. The van der Waals surface area contributed by atoms with E-state index in [0.717, 1.165) is 29.7 Å². The summed E-state index contributed by atoms with van der Waals surface area (Å²) >= 11 is 1.39. The molecule has 106 valence electrons. The number of anilines is 1. The second-order valence-corrected chi connectivity index (χ2v) is 6.11. The SMILES string of the molecule is CC(NC(=O)c1ccc2nc(N)sc2c1)C1CCCO1. The predicted molar refractivity (Wildman–Crippen MR) is 79.9 cm³/mol. The van der Waals surface area contributed by atoms with Crippen molar-refractivity contribution in [3.05, 3.63) is 23.8 Å². The predicted octanol–water partition coefficient (Wildman–Crippen LogP) is 2.18. The molecule has 0 saturated carbocycles. The molecule has 2 aromatic rings. The largest absolute Gasteiger partial charge is 0.376 e. The Bertz CT molecular complexity index is 634. The van der Waals surface area contributed by atoms with Crippen LogP contribution in [0.5, 0.6) is 0 Å². The van der Waals surface area contributed by atoms with Crippen LogP contribution in [0.3, 0.4) is 0 Å². The number of hydrogen-bond donors (Lipinski definition) is 2. The van der Waals surface area contributed by atoms with Crippen LogP contribution in [-0.2, 0) is 4.74 Å². The first kappa shape index (κ1) is 13.3. The van der Waals surface area contributed by atoms with Gasteiger partial charge in [-0.2, -0.15) is 0 Å². The number of thiazole rings is 1. The van der Waals surface area contributed by atoms with Crippen LogP contribution in [0.2, 0.25) is 0 Å². The van der Waals surface area contributed by atoms with E-state index in [1.807, 2.05) is 19.1 Å². The van der Waals surface area contributed by atoms with Gasteiger partial charge < -0.3 is 15.8 Å². The van der Waals surface area contributed by atoms with Crippen LogP contribution in [-0.4, -0.2) is 29.6 Å². The number of ether oxygens (including phenoxy) is 1. The number of nitrogens with two attached hydrogens (primary N) is 1. The topological polar surface area (TPSA) is 77.2 Å². The van der Waals surface area contributed by atoms with Gasteiger partial charge >= 0.3 is 0 Å². The van der Waals surface area contributed by atoms with E-state index in [1.54, 1.807) is 6.07 Å². The van der Waals surface area contributed by atoms with E-state index in [-0.39, 0.29) is 18.1 Å². The molecule has 1 aromatic carbocycles. The normalized spacial score (nSPS) is 20.1. The Labute approximate surface area is 121 Å². The summed E-state index contributed by atoms with van der Waals surface area (Å²) in [5, 5.41) is 3.52. The maximum atomic E-state index is 12.2. The second-order valence-electron chi connectivity index (χ2n) is 5.05. The number of hydrogen-bond acceptors (Lipinski definition) is 5. The number of rotatable bonds is 3. The first-order valence-electron chi connectivity index (χ1n) is 6.72. The van der Waals surface area contributed by atoms with E-state index in [2.05, 4.69) is 10.3 Å². The highest BCUT2D eigenvalue weighted by atomic mass is 32.1. The third kappa shape index (κ3) is 2.62. The van der Waals surface area contributed by atoms with Crippen LogP contribution in [0.25, 0.3) is 10.2 Å². The Hall–Kier alpha value is -1.66. The first-order chi connectivity index (χ1) is 9.63. The molecule has 1 saturated heterocycles. The molecule has 1 fully saturated rings. The molecule has 1 amide bonds. The van der Waals surface area contributed by atoms with Crippen molar-refractivity contribution in [2.75, 3.05) is 12.3 Å². The van der Waals surface area contributed by atoms with Gasteiger partial charge in [-0.3, -0.25) is 4.79 Å². The fraction of sp³-hybridized carbons (Fsp3) is 0.429. The van der Waals surface area contributed by atoms with E-state index in [4.69, 9.17) is 10.5 Å². The average Bonchev–Trinajstić information content (AvgIpc) is 3.05. The lowest BCUT2D eigenvalue weighted by Gasteiger charge is -2.19. The average molecular weight is 291 g/mol. The number of carbonyl (C=O) groups excluding carboxylic acids is 1. The molecular formula is C14H17N3O2S. The monoisotopic (exact) mass is 291 g/mol. The number of amides is 1. The van der Waals surface area contributed by atoms with Crippen molar-refractivity contribution >= 4 is 32.6 Å². The Kier molecular flexibility index (Phi) is 3.58. The van der Waals surface area contributed by atoms with Gasteiger partial charge in [0.15, 0.2) is 5.13 Å². The smallest absolute Gasteiger partial charge is 0.251 e. The molecule has 3 N–H and O–H groups in total. The van der Waals surface area contributed by atoms with Crippen LogP contribution < -0.4 is 11.1 Å². The lowest BCUT2D eigenvalue weighted by molar-refractivity contribution is 0.0712. The molecule has 2 heterocycles. The molecule has 0 spiro atoms. The Morgan fingerprint density at radius 1 is 1.60 bits per heavy atom. The Morgan fingerprint density at radius 3 is 3.20 bits per heavy atom. The molecule has 5 nitrogen and oxygen atoms in total. The molecule has 2 atom stereocenters. The molecule has 1 aliphatic heterocycles. The Morgan fingerprint density at radius 2 is 2.45 bits per heavy atom. The van der Waals surface area contributed by atoms with Gasteiger partial charge in [0, 0.05) is 12.2 Å². The van der Waals surface area contributed by atoms with Crippen LogP contribution in [0, 0.1) is 0 Å². The molecule has 0 radical (unpaired) electrons. The summed E-state index contributed by atoms with van der Waals surface area (Å²) in [5.74, 6) is -0.0816. The molecule has 20 heavy (non-hydrogen) atoms. The highest BCUT2D eigenvalue weighted by Crippen LogP contribution is 2.24. The van der Waals surface area contributed by atoms with Crippen molar-refractivity contribution in [2.45, 2.75) is 31.9 Å². The molecule has 0 aliphatic carbocycles. The molecule has 3 rings (SSSR count). The number of fused-ring (bicyclic) bond motifs is 1. The van der Waals surface area contributed by atoms with Crippen molar-refractivity contribution < 1.29 is 9.53 Å². The summed E-state index contributed by atoms with van der Waals surface area (Å²) in [5.41, 5.74) is 7.13. The van der Waals surface area contributed by atoms with Crippen molar-refractivity contribution in [1.82, 2.24) is 10.3 Å². The van der Waals surface area contributed by atoms with Gasteiger partial charge in [-0.25, -0.2) is 4.98 Å². The first-order valence-corrected chi connectivity index (χ1v) is 7.53. The van der Waals surface area contributed by atoms with E-state index in [1.165, 1.54) is 11.3 Å². The van der Waals surface area contributed by atoms with Crippen molar-refractivity contribution in [3.8, 4) is 0 Å². The second kappa shape index (κ2) is 5.38. The fourth-order valence-electron chi connectivity index (χ4n) is 2.46. The zero-order valence-electron chi connectivity index (χ0n) is 11.3. The summed E-state index contributed by atoms with van der Waals surface area (Å²) in [6.45, 7) is 2.77. The van der Waals surface area contributed by atoms with Gasteiger partial charge in [0.1, 0.15) is 0 Å². The maximum Gasteiger partial charge on any atom is 0.251 e. The van der Waals surface area contributed by atoms with E-state index >= 15 is 0 Å². The van der Waals surface area contributed by atoms with E-state index in [9.17, 15) is 4.79 Å². The van der Waals surface area contributed by atoms with Gasteiger partial charge in [-0.1, -0.05) is 11.3 Å². The molecule has 1 aromatic heterocycles. The van der Waals surface area contributed by atoms with E-state index < -0.39 is 0 Å². The third-order valence-electron chi connectivity index (χ3n) is 3.55. The molecular weight excluding hydrogens is 274 g/mol. The zero-order valence-corrected chi connectivity index (χ0v) is 12.1. The standard InChI is InChI=1S/C14H17N3O2S/c1-8(11-3-2-6-19-11)16-13(18)9-4-5-10-12(7-9)20-14(15)17-10/h4-5,7-8,11H,2-3,6H2,1H3,(H2,15,17)(H,16,18). The number of nitrogen functional groups attached to an aromatic ring is 1. The maximum absolute atomic E-state index is 12.2.